The molecule has 1 fully saturated rings. The summed E-state index contributed by atoms with van der Waals surface area (Å²) in [6, 6.07) is 1.48. The fraction of sp³-hybridized carbons (Fsp3) is 0.455. The predicted molar refractivity (Wildman–Crippen MR) is 65.5 cm³/mol. The fourth-order valence-electron chi connectivity index (χ4n) is 1.75. The topological polar surface area (TPSA) is 51.2 Å². The second kappa shape index (κ2) is 5.21. The quantitative estimate of drug-likeness (QED) is 0.842. The van der Waals surface area contributed by atoms with Crippen molar-refractivity contribution in [1.82, 2.24) is 10.3 Å². The van der Waals surface area contributed by atoms with Crippen molar-refractivity contribution in [2.75, 3.05) is 6.61 Å². The van der Waals surface area contributed by atoms with Crippen molar-refractivity contribution in [2.24, 2.45) is 0 Å². The summed E-state index contributed by atoms with van der Waals surface area (Å²) in [5.74, 6) is -0.248. The van der Waals surface area contributed by atoms with Crippen LogP contribution in [-0.4, -0.2) is 29.6 Å². The van der Waals surface area contributed by atoms with E-state index in [4.69, 9.17) is 27.9 Å². The van der Waals surface area contributed by atoms with Crippen LogP contribution in [0.3, 0.4) is 0 Å². The van der Waals surface area contributed by atoms with Gasteiger partial charge in [-0.15, -0.1) is 0 Å². The van der Waals surface area contributed by atoms with Crippen LogP contribution >= 0.6 is 23.2 Å². The van der Waals surface area contributed by atoms with Crippen LogP contribution in [0.5, 0.6) is 0 Å². The van der Waals surface area contributed by atoms with Crippen molar-refractivity contribution >= 4 is 29.1 Å². The summed E-state index contributed by atoms with van der Waals surface area (Å²) < 4.78 is 5.37. The first kappa shape index (κ1) is 12.6. The van der Waals surface area contributed by atoms with Gasteiger partial charge in [-0.1, -0.05) is 23.2 Å². The highest BCUT2D eigenvalue weighted by molar-refractivity contribution is 6.35. The summed E-state index contributed by atoms with van der Waals surface area (Å²) >= 11 is 11.6. The van der Waals surface area contributed by atoms with Gasteiger partial charge in [-0.3, -0.25) is 4.79 Å². The Morgan fingerprint density at radius 3 is 3.00 bits per heavy atom. The zero-order chi connectivity index (χ0) is 12.4. The van der Waals surface area contributed by atoms with Gasteiger partial charge in [0.25, 0.3) is 5.91 Å². The Kier molecular flexibility index (Phi) is 3.86. The highest BCUT2D eigenvalue weighted by Crippen LogP contribution is 2.19. The van der Waals surface area contributed by atoms with Crippen molar-refractivity contribution in [3.05, 3.63) is 28.0 Å². The first-order chi connectivity index (χ1) is 8.08. The van der Waals surface area contributed by atoms with Crippen LogP contribution < -0.4 is 5.32 Å². The molecule has 1 saturated heterocycles. The molecular formula is C11H12Cl2N2O2. The molecule has 1 aliphatic heterocycles. The lowest BCUT2D eigenvalue weighted by molar-refractivity contribution is 0.0866. The zero-order valence-electron chi connectivity index (χ0n) is 9.24. The maximum absolute atomic E-state index is 12.0. The molecule has 1 amide bonds. The maximum Gasteiger partial charge on any atom is 0.253 e. The van der Waals surface area contributed by atoms with Gasteiger partial charge in [0, 0.05) is 12.8 Å². The van der Waals surface area contributed by atoms with Gasteiger partial charge in [-0.05, 0) is 19.4 Å². The maximum atomic E-state index is 12.0. The Bertz CT molecular complexity index is 439. The van der Waals surface area contributed by atoms with Gasteiger partial charge >= 0.3 is 0 Å². The van der Waals surface area contributed by atoms with E-state index < -0.39 is 0 Å². The number of carbonyl (C=O) groups excluding carboxylic acids is 1. The van der Waals surface area contributed by atoms with E-state index in [2.05, 4.69) is 10.3 Å². The number of aromatic nitrogens is 1. The highest BCUT2D eigenvalue weighted by Gasteiger charge is 2.26. The monoisotopic (exact) mass is 274 g/mol. The number of nitrogens with one attached hydrogen (secondary N) is 1. The number of nitrogens with zero attached hydrogens (tertiary/aromatic N) is 1. The lowest BCUT2D eigenvalue weighted by atomic mass is 10.1. The van der Waals surface area contributed by atoms with Gasteiger partial charge in [-0.25, -0.2) is 4.98 Å². The summed E-state index contributed by atoms with van der Waals surface area (Å²) in [4.78, 5) is 15.8. The third-order valence-corrected chi connectivity index (χ3v) is 3.27. The zero-order valence-corrected chi connectivity index (χ0v) is 10.8. The minimum Gasteiger partial charge on any atom is -0.376 e. The highest BCUT2D eigenvalue weighted by atomic mass is 35.5. The van der Waals surface area contributed by atoms with Crippen molar-refractivity contribution in [2.45, 2.75) is 25.5 Å². The van der Waals surface area contributed by atoms with Gasteiger partial charge in [0.15, 0.2) is 0 Å². The fourth-order valence-corrected chi connectivity index (χ4v) is 2.10. The minimum atomic E-state index is -0.248. The third kappa shape index (κ3) is 2.89. The number of halogens is 2. The molecule has 4 nitrogen and oxygen atoms in total. The lowest BCUT2D eigenvalue weighted by Crippen LogP contribution is -2.39. The number of hydrogen-bond donors (Lipinski definition) is 1. The van der Waals surface area contributed by atoms with Crippen molar-refractivity contribution in [3.63, 3.8) is 0 Å². The van der Waals surface area contributed by atoms with Gasteiger partial charge in [0.1, 0.15) is 5.15 Å². The second-order valence-corrected chi connectivity index (χ2v) is 4.73. The van der Waals surface area contributed by atoms with Crippen LogP contribution in [0.1, 0.15) is 23.7 Å². The Hall–Kier alpha value is -0.840. The number of hydrogen-bond acceptors (Lipinski definition) is 3. The van der Waals surface area contributed by atoms with Crippen LogP contribution in [-0.2, 0) is 4.74 Å². The number of amides is 1. The number of rotatable bonds is 2. The largest absolute Gasteiger partial charge is 0.376 e. The van der Waals surface area contributed by atoms with Crippen molar-refractivity contribution < 1.29 is 9.53 Å². The molecule has 0 spiro atoms. The Balaban J connectivity index is 2.11. The van der Waals surface area contributed by atoms with Gasteiger partial charge in [0.05, 0.1) is 22.7 Å². The molecule has 1 N–H and O–H groups in total. The molecule has 6 heteroatoms. The Morgan fingerprint density at radius 1 is 1.59 bits per heavy atom. The SMILES string of the molecule is CC1OCCC1NC(=O)c1cc(Cl)ncc1Cl. The molecule has 0 bridgehead atoms. The van der Waals surface area contributed by atoms with Gasteiger partial charge < -0.3 is 10.1 Å². The lowest BCUT2D eigenvalue weighted by Gasteiger charge is -2.16. The molecule has 2 atom stereocenters. The molecule has 1 aliphatic rings. The van der Waals surface area contributed by atoms with E-state index in [1.54, 1.807) is 0 Å². The second-order valence-electron chi connectivity index (χ2n) is 3.93. The molecule has 92 valence electrons. The summed E-state index contributed by atoms with van der Waals surface area (Å²) in [5.41, 5.74) is 0.339. The van der Waals surface area contributed by atoms with E-state index in [9.17, 15) is 4.79 Å². The number of carbonyl (C=O) groups is 1. The first-order valence-electron chi connectivity index (χ1n) is 5.31. The van der Waals surface area contributed by atoms with E-state index >= 15 is 0 Å². The minimum absolute atomic E-state index is 0.0190. The summed E-state index contributed by atoms with van der Waals surface area (Å²) in [5, 5.41) is 3.41. The molecule has 17 heavy (non-hydrogen) atoms. The molecule has 0 saturated carbocycles. The Labute approximate surface area is 109 Å². The normalized spacial score (nSPS) is 23.7. The van der Waals surface area contributed by atoms with Crippen molar-refractivity contribution in [3.8, 4) is 0 Å². The van der Waals surface area contributed by atoms with E-state index in [-0.39, 0.29) is 23.2 Å². The van der Waals surface area contributed by atoms with Crippen LogP contribution in [0.15, 0.2) is 12.3 Å². The number of ether oxygens (including phenoxy) is 1. The van der Waals surface area contributed by atoms with Gasteiger partial charge in [0.2, 0.25) is 0 Å². The van der Waals surface area contributed by atoms with Crippen LogP contribution in [0.2, 0.25) is 10.2 Å². The third-order valence-electron chi connectivity index (χ3n) is 2.76. The molecule has 1 aromatic heterocycles. The molecule has 1 aromatic rings. The molecule has 2 rings (SSSR count). The molecular weight excluding hydrogens is 263 g/mol. The van der Waals surface area contributed by atoms with E-state index in [0.29, 0.717) is 17.2 Å². The molecule has 2 unspecified atom stereocenters. The summed E-state index contributed by atoms with van der Waals surface area (Å²) in [6.07, 6.45) is 2.20. The van der Waals surface area contributed by atoms with Crippen LogP contribution in [0, 0.1) is 0 Å². The van der Waals surface area contributed by atoms with Gasteiger partial charge in [-0.2, -0.15) is 0 Å². The van der Waals surface area contributed by atoms with Crippen LogP contribution in [0.4, 0.5) is 0 Å². The van der Waals surface area contributed by atoms with Crippen molar-refractivity contribution in [1.29, 1.82) is 0 Å². The summed E-state index contributed by atoms with van der Waals surface area (Å²) in [7, 11) is 0. The summed E-state index contributed by atoms with van der Waals surface area (Å²) in [6.45, 7) is 2.59. The van der Waals surface area contributed by atoms with Crippen LogP contribution in [0.25, 0.3) is 0 Å². The molecule has 2 heterocycles. The number of pyridine rings is 1. The first-order valence-corrected chi connectivity index (χ1v) is 6.07. The average molecular weight is 275 g/mol. The molecule has 0 aromatic carbocycles. The standard InChI is InChI=1S/C11H12Cl2N2O2/c1-6-9(2-3-17-6)15-11(16)7-4-10(13)14-5-8(7)12/h4-6,9H,2-3H2,1H3,(H,15,16). The van der Waals surface area contributed by atoms with E-state index in [1.807, 2.05) is 6.92 Å². The van der Waals surface area contributed by atoms with E-state index in [0.717, 1.165) is 6.42 Å². The average Bonchev–Trinajstić information content (AvgIpc) is 2.68. The molecule has 0 radical (unpaired) electrons. The smallest absolute Gasteiger partial charge is 0.253 e. The van der Waals surface area contributed by atoms with E-state index in [1.165, 1.54) is 12.3 Å². The molecule has 0 aliphatic carbocycles. The predicted octanol–water partition coefficient (Wildman–Crippen LogP) is 2.30. The Morgan fingerprint density at radius 2 is 2.35 bits per heavy atom.